The number of fused-ring (bicyclic) bond motifs is 1. The zero-order valence-corrected chi connectivity index (χ0v) is 13.1. The second kappa shape index (κ2) is 5.38. The smallest absolute Gasteiger partial charge is 0.271 e. The van der Waals surface area contributed by atoms with Crippen LogP contribution in [0.25, 0.3) is 5.69 Å². The first-order chi connectivity index (χ1) is 11.1. The summed E-state index contributed by atoms with van der Waals surface area (Å²) in [6.07, 6.45) is 0. The number of aromatic amines is 1. The third kappa shape index (κ3) is 2.49. The topological polar surface area (TPSA) is 70.1 Å². The molecule has 0 bridgehead atoms. The summed E-state index contributed by atoms with van der Waals surface area (Å²) >= 11 is 0. The van der Waals surface area contributed by atoms with Gasteiger partial charge in [0.2, 0.25) is 0 Å². The maximum Gasteiger partial charge on any atom is 0.271 e. The van der Waals surface area contributed by atoms with Crippen molar-refractivity contribution in [2.45, 2.75) is 6.92 Å². The molecule has 2 fully saturated rings. The lowest BCUT2D eigenvalue weighted by Crippen LogP contribution is -2.32. The van der Waals surface area contributed by atoms with Crippen molar-refractivity contribution in [2.75, 3.05) is 26.2 Å². The van der Waals surface area contributed by atoms with Crippen molar-refractivity contribution in [1.82, 2.24) is 20.0 Å². The van der Waals surface area contributed by atoms with Crippen molar-refractivity contribution in [2.24, 2.45) is 11.8 Å². The van der Waals surface area contributed by atoms with Crippen LogP contribution in [0.5, 0.6) is 0 Å². The molecule has 6 heteroatoms. The molecule has 4 rings (SSSR count). The van der Waals surface area contributed by atoms with Gasteiger partial charge in [-0.15, -0.1) is 0 Å². The van der Waals surface area contributed by atoms with E-state index in [1.807, 2.05) is 36.1 Å². The number of aromatic nitrogens is 2. The first-order valence-electron chi connectivity index (χ1n) is 8.01. The number of carbonyl (C=O) groups excluding carboxylic acids is 1. The molecule has 1 amide bonds. The Balaban J connectivity index is 1.58. The largest absolute Gasteiger partial charge is 0.337 e. The molecule has 0 radical (unpaired) electrons. The lowest BCUT2D eigenvalue weighted by molar-refractivity contribution is 0.0775. The first-order valence-corrected chi connectivity index (χ1v) is 8.01. The Labute approximate surface area is 134 Å². The molecule has 1 aromatic carbocycles. The number of nitrogens with zero attached hydrogens (tertiary/aromatic N) is 2. The summed E-state index contributed by atoms with van der Waals surface area (Å²) in [6.45, 7) is 5.50. The van der Waals surface area contributed by atoms with E-state index in [1.54, 1.807) is 0 Å². The molecule has 0 unspecified atom stereocenters. The number of hydrogen-bond donors (Lipinski definition) is 2. The Morgan fingerprint density at radius 3 is 2.43 bits per heavy atom. The average Bonchev–Trinajstić information content (AvgIpc) is 3.21. The summed E-state index contributed by atoms with van der Waals surface area (Å²) in [5.74, 6) is 1.01. The maximum absolute atomic E-state index is 12.7. The van der Waals surface area contributed by atoms with E-state index in [9.17, 15) is 9.59 Å². The summed E-state index contributed by atoms with van der Waals surface area (Å²) < 4.78 is 1.42. The Hall–Kier alpha value is -2.34. The van der Waals surface area contributed by atoms with E-state index >= 15 is 0 Å². The lowest BCUT2D eigenvalue weighted by Gasteiger charge is -2.16. The lowest BCUT2D eigenvalue weighted by atomic mass is 10.0. The summed E-state index contributed by atoms with van der Waals surface area (Å²) in [6, 6.07) is 9.02. The van der Waals surface area contributed by atoms with E-state index in [-0.39, 0.29) is 11.5 Å². The van der Waals surface area contributed by atoms with Gasteiger partial charge in [0.1, 0.15) is 5.69 Å². The molecule has 2 aliphatic heterocycles. The summed E-state index contributed by atoms with van der Waals surface area (Å²) in [7, 11) is 0. The highest BCUT2D eigenvalue weighted by molar-refractivity contribution is 5.92. The minimum atomic E-state index is -0.210. The van der Waals surface area contributed by atoms with Crippen LogP contribution in [0, 0.1) is 18.8 Å². The second-order valence-corrected chi connectivity index (χ2v) is 6.57. The van der Waals surface area contributed by atoms with E-state index in [0.717, 1.165) is 37.4 Å². The normalized spacial score (nSPS) is 23.3. The van der Waals surface area contributed by atoms with Gasteiger partial charge in [0.05, 0.1) is 5.69 Å². The van der Waals surface area contributed by atoms with E-state index in [2.05, 4.69) is 10.4 Å². The number of likely N-dealkylation sites (tertiary alicyclic amines) is 1. The number of benzene rings is 1. The number of aryl methyl sites for hydroxylation is 1. The Kier molecular flexibility index (Phi) is 3.34. The van der Waals surface area contributed by atoms with Crippen LogP contribution in [0.4, 0.5) is 0 Å². The SMILES string of the molecule is Cc1ccc(-n2[nH]c(C(=O)N3C[C@H]4CNC[C@H]4C3)cc2=O)cc1. The third-order valence-electron chi connectivity index (χ3n) is 4.92. The molecule has 120 valence electrons. The minimum absolute atomic E-state index is 0.0811. The number of H-pyrrole nitrogens is 1. The van der Waals surface area contributed by atoms with Gasteiger partial charge in [-0.05, 0) is 30.9 Å². The van der Waals surface area contributed by atoms with E-state index in [0.29, 0.717) is 17.5 Å². The fraction of sp³-hybridized carbons (Fsp3) is 0.412. The van der Waals surface area contributed by atoms with Crippen LogP contribution in [-0.2, 0) is 0 Å². The second-order valence-electron chi connectivity index (χ2n) is 6.57. The van der Waals surface area contributed by atoms with Gasteiger partial charge in [-0.2, -0.15) is 0 Å². The molecule has 0 spiro atoms. The van der Waals surface area contributed by atoms with Crippen LogP contribution in [0.15, 0.2) is 35.1 Å². The Bertz CT molecular complexity index is 778. The van der Waals surface area contributed by atoms with Crippen LogP contribution in [0.3, 0.4) is 0 Å². The van der Waals surface area contributed by atoms with Crippen molar-refractivity contribution < 1.29 is 4.79 Å². The number of amides is 1. The summed E-state index contributed by atoms with van der Waals surface area (Å²) in [4.78, 5) is 26.7. The van der Waals surface area contributed by atoms with Crippen LogP contribution in [-0.4, -0.2) is 46.8 Å². The van der Waals surface area contributed by atoms with Gasteiger partial charge < -0.3 is 10.2 Å². The molecule has 3 heterocycles. The predicted molar refractivity (Wildman–Crippen MR) is 86.9 cm³/mol. The zero-order chi connectivity index (χ0) is 16.0. The van der Waals surface area contributed by atoms with E-state index in [4.69, 9.17) is 0 Å². The van der Waals surface area contributed by atoms with Gasteiger partial charge in [-0.3, -0.25) is 14.7 Å². The highest BCUT2D eigenvalue weighted by atomic mass is 16.2. The van der Waals surface area contributed by atoms with E-state index < -0.39 is 0 Å². The molecular weight excluding hydrogens is 292 g/mol. The number of nitrogens with one attached hydrogen (secondary N) is 2. The molecule has 0 aliphatic carbocycles. The van der Waals surface area contributed by atoms with Gasteiger partial charge in [0.15, 0.2) is 0 Å². The highest BCUT2D eigenvalue weighted by Gasteiger charge is 2.38. The highest BCUT2D eigenvalue weighted by Crippen LogP contribution is 2.27. The minimum Gasteiger partial charge on any atom is -0.337 e. The fourth-order valence-electron chi connectivity index (χ4n) is 3.58. The molecule has 2 aliphatic rings. The summed E-state index contributed by atoms with van der Waals surface area (Å²) in [5.41, 5.74) is 2.02. The first kappa shape index (κ1) is 14.3. The summed E-state index contributed by atoms with van der Waals surface area (Å²) in [5, 5.41) is 6.32. The van der Waals surface area contributed by atoms with Crippen LogP contribution in [0.2, 0.25) is 0 Å². The van der Waals surface area contributed by atoms with Gasteiger partial charge in [0, 0.05) is 32.2 Å². The van der Waals surface area contributed by atoms with Crippen molar-refractivity contribution in [1.29, 1.82) is 0 Å². The van der Waals surface area contributed by atoms with Crippen LogP contribution >= 0.6 is 0 Å². The molecule has 1 aromatic heterocycles. The van der Waals surface area contributed by atoms with Gasteiger partial charge in [0.25, 0.3) is 11.5 Å². The van der Waals surface area contributed by atoms with E-state index in [1.165, 1.54) is 10.7 Å². The molecule has 6 nitrogen and oxygen atoms in total. The van der Waals surface area contributed by atoms with Crippen molar-refractivity contribution in [3.8, 4) is 5.69 Å². The van der Waals surface area contributed by atoms with Gasteiger partial charge in [-0.1, -0.05) is 17.7 Å². The fourth-order valence-corrected chi connectivity index (χ4v) is 3.58. The molecule has 0 saturated carbocycles. The maximum atomic E-state index is 12.7. The van der Waals surface area contributed by atoms with Crippen molar-refractivity contribution >= 4 is 5.91 Å². The number of rotatable bonds is 2. The van der Waals surface area contributed by atoms with Gasteiger partial charge >= 0.3 is 0 Å². The standard InChI is InChI=1S/C17H20N4O2/c1-11-2-4-14(5-3-11)21-16(22)6-15(19-21)17(23)20-9-12-7-18-8-13(12)10-20/h2-6,12-13,18-19H,7-10H2,1H3/t12-,13+. The Morgan fingerprint density at radius 1 is 1.13 bits per heavy atom. The van der Waals surface area contributed by atoms with Crippen molar-refractivity contribution in [3.05, 3.63) is 51.9 Å². The quantitative estimate of drug-likeness (QED) is 0.860. The molecule has 2 aromatic rings. The van der Waals surface area contributed by atoms with Crippen LogP contribution < -0.4 is 10.9 Å². The van der Waals surface area contributed by atoms with Crippen LogP contribution in [0.1, 0.15) is 16.1 Å². The number of carbonyl (C=O) groups is 1. The Morgan fingerprint density at radius 2 is 1.78 bits per heavy atom. The molecule has 2 saturated heterocycles. The zero-order valence-electron chi connectivity index (χ0n) is 13.1. The molecule has 2 N–H and O–H groups in total. The number of hydrogen-bond acceptors (Lipinski definition) is 3. The monoisotopic (exact) mass is 312 g/mol. The van der Waals surface area contributed by atoms with Gasteiger partial charge in [-0.25, -0.2) is 4.68 Å². The molecule has 23 heavy (non-hydrogen) atoms. The third-order valence-corrected chi connectivity index (χ3v) is 4.92. The average molecular weight is 312 g/mol. The van der Waals surface area contributed by atoms with Crippen molar-refractivity contribution in [3.63, 3.8) is 0 Å². The molecular formula is C17H20N4O2. The molecule has 2 atom stereocenters. The predicted octanol–water partition coefficient (Wildman–Crippen LogP) is 0.765.